The summed E-state index contributed by atoms with van der Waals surface area (Å²) < 4.78 is 0.684. The molecule has 0 saturated carbocycles. The lowest BCUT2D eigenvalue weighted by atomic mass is 10.2. The molecule has 1 fully saturated rings. The van der Waals surface area contributed by atoms with E-state index in [9.17, 15) is 14.4 Å². The molecule has 1 atom stereocenters. The molecule has 1 aliphatic rings. The van der Waals surface area contributed by atoms with E-state index in [-0.39, 0.29) is 19.0 Å². The van der Waals surface area contributed by atoms with Crippen molar-refractivity contribution in [2.24, 2.45) is 0 Å². The third kappa shape index (κ3) is 3.52. The predicted molar refractivity (Wildman–Crippen MR) is 79.0 cm³/mol. The number of rotatable bonds is 2. The summed E-state index contributed by atoms with van der Waals surface area (Å²) in [5.41, 5.74) is 1.53. The summed E-state index contributed by atoms with van der Waals surface area (Å²) in [5.74, 6) is -1.54. The van der Waals surface area contributed by atoms with E-state index in [1.54, 1.807) is 6.07 Å². The highest BCUT2D eigenvalue weighted by Crippen LogP contribution is 2.24. The summed E-state index contributed by atoms with van der Waals surface area (Å²) in [5, 5.41) is 14.2. The van der Waals surface area contributed by atoms with Gasteiger partial charge in [0.15, 0.2) is 0 Å². The van der Waals surface area contributed by atoms with Gasteiger partial charge in [-0.1, -0.05) is 6.07 Å². The zero-order valence-electron chi connectivity index (χ0n) is 11.2. The molecule has 3 amide bonds. The largest absolute Gasteiger partial charge is 0.480 e. The molecule has 112 valence electrons. The lowest BCUT2D eigenvalue weighted by Crippen LogP contribution is -2.60. The molecule has 2 rings (SSSR count). The maximum Gasteiger partial charge on any atom is 0.328 e. The zero-order valence-corrected chi connectivity index (χ0v) is 12.8. The number of aliphatic carboxylic acids is 1. The first-order chi connectivity index (χ1) is 9.88. The molecule has 1 aromatic rings. The van der Waals surface area contributed by atoms with E-state index in [1.165, 1.54) is 0 Å². The number of carboxylic acids is 1. The van der Waals surface area contributed by atoms with Crippen molar-refractivity contribution in [3.8, 4) is 0 Å². The highest BCUT2D eigenvalue weighted by atomic mass is 79.9. The normalized spacial score (nSPS) is 18.1. The molecule has 0 spiro atoms. The van der Waals surface area contributed by atoms with E-state index >= 15 is 0 Å². The molecule has 0 aromatic heterocycles. The minimum atomic E-state index is -1.16. The standard InChI is InChI=1S/C13H14BrN3O4/c1-7-2-3-9(8(14)4-7)16-13(21)17-6-11(18)15-5-10(17)12(19)20/h2-4,10H,5-6H2,1H3,(H,15,18)(H,16,21)(H,19,20). The third-order valence-corrected chi connectivity index (χ3v) is 3.75. The molecule has 3 N–H and O–H groups in total. The number of aryl methyl sites for hydroxylation is 1. The van der Waals surface area contributed by atoms with E-state index < -0.39 is 18.0 Å². The number of nitrogens with one attached hydrogen (secondary N) is 2. The minimum absolute atomic E-state index is 0.101. The first-order valence-electron chi connectivity index (χ1n) is 6.22. The summed E-state index contributed by atoms with van der Waals surface area (Å²) >= 11 is 3.33. The van der Waals surface area contributed by atoms with Crippen molar-refractivity contribution in [2.75, 3.05) is 18.4 Å². The molecule has 7 nitrogen and oxygen atoms in total. The van der Waals surface area contributed by atoms with Gasteiger partial charge in [0.1, 0.15) is 12.6 Å². The van der Waals surface area contributed by atoms with Crippen LogP contribution in [-0.2, 0) is 9.59 Å². The highest BCUT2D eigenvalue weighted by molar-refractivity contribution is 9.10. The molecule has 0 aliphatic carbocycles. The van der Waals surface area contributed by atoms with Gasteiger partial charge >= 0.3 is 12.0 Å². The molecule has 1 saturated heterocycles. The van der Waals surface area contributed by atoms with Crippen LogP contribution in [0, 0.1) is 6.92 Å². The number of hydrogen-bond acceptors (Lipinski definition) is 3. The van der Waals surface area contributed by atoms with E-state index in [0.29, 0.717) is 10.2 Å². The smallest absolute Gasteiger partial charge is 0.328 e. The van der Waals surface area contributed by atoms with Crippen molar-refractivity contribution in [1.29, 1.82) is 0 Å². The molecule has 21 heavy (non-hydrogen) atoms. The number of urea groups is 1. The molecule has 1 heterocycles. The van der Waals surface area contributed by atoms with Crippen molar-refractivity contribution in [2.45, 2.75) is 13.0 Å². The molecule has 1 aliphatic heterocycles. The van der Waals surface area contributed by atoms with Gasteiger partial charge in [-0.05, 0) is 40.5 Å². The van der Waals surface area contributed by atoms with Crippen LogP contribution in [0.4, 0.5) is 10.5 Å². The zero-order chi connectivity index (χ0) is 15.6. The van der Waals surface area contributed by atoms with Crippen LogP contribution in [0.2, 0.25) is 0 Å². The molecule has 0 radical (unpaired) electrons. The van der Waals surface area contributed by atoms with Gasteiger partial charge in [0, 0.05) is 11.0 Å². The summed E-state index contributed by atoms with van der Waals surface area (Å²) in [7, 11) is 0. The Bertz CT molecular complexity index is 605. The van der Waals surface area contributed by atoms with E-state index in [1.807, 2.05) is 19.1 Å². The fraction of sp³-hybridized carbons (Fsp3) is 0.308. The predicted octanol–water partition coefficient (Wildman–Crippen LogP) is 1.17. The van der Waals surface area contributed by atoms with Crippen molar-refractivity contribution < 1.29 is 19.5 Å². The molecule has 0 bridgehead atoms. The summed E-state index contributed by atoms with van der Waals surface area (Å²) in [4.78, 5) is 35.8. The van der Waals surface area contributed by atoms with Gasteiger partial charge < -0.3 is 15.7 Å². The van der Waals surface area contributed by atoms with Gasteiger partial charge in [0.2, 0.25) is 5.91 Å². The van der Waals surface area contributed by atoms with E-state index in [2.05, 4.69) is 26.6 Å². The average Bonchev–Trinajstić information content (AvgIpc) is 2.41. The molecular formula is C13H14BrN3O4. The Hall–Kier alpha value is -2.09. The average molecular weight is 356 g/mol. The molecule has 1 unspecified atom stereocenters. The van der Waals surface area contributed by atoms with Gasteiger partial charge in [-0.25, -0.2) is 9.59 Å². The maximum absolute atomic E-state index is 12.2. The fourth-order valence-corrected chi connectivity index (χ4v) is 2.58. The Morgan fingerprint density at radius 3 is 2.81 bits per heavy atom. The number of hydrogen-bond donors (Lipinski definition) is 3. The number of carbonyl (C=O) groups excluding carboxylic acids is 2. The van der Waals surface area contributed by atoms with Crippen LogP contribution in [0.3, 0.4) is 0 Å². The summed E-state index contributed by atoms with van der Waals surface area (Å²) in [6, 6.07) is 3.65. The van der Waals surface area contributed by atoms with Crippen LogP contribution in [0.15, 0.2) is 22.7 Å². The van der Waals surface area contributed by atoms with Gasteiger partial charge in [-0.15, -0.1) is 0 Å². The second-order valence-electron chi connectivity index (χ2n) is 4.70. The molecular weight excluding hydrogens is 342 g/mol. The minimum Gasteiger partial charge on any atom is -0.480 e. The SMILES string of the molecule is Cc1ccc(NC(=O)N2CC(=O)NCC2C(=O)O)c(Br)c1. The number of benzene rings is 1. The maximum atomic E-state index is 12.2. The van der Waals surface area contributed by atoms with E-state index in [4.69, 9.17) is 5.11 Å². The van der Waals surface area contributed by atoms with Crippen LogP contribution >= 0.6 is 15.9 Å². The van der Waals surface area contributed by atoms with Gasteiger partial charge in [-0.3, -0.25) is 9.69 Å². The van der Waals surface area contributed by atoms with Crippen molar-refractivity contribution in [3.05, 3.63) is 28.2 Å². The monoisotopic (exact) mass is 355 g/mol. The van der Waals surface area contributed by atoms with Gasteiger partial charge in [0.05, 0.1) is 5.69 Å². The number of nitrogens with zero attached hydrogens (tertiary/aromatic N) is 1. The molecule has 1 aromatic carbocycles. The number of carboxylic acid groups (broad SMARTS) is 1. The fourth-order valence-electron chi connectivity index (χ4n) is 1.98. The second kappa shape index (κ2) is 6.13. The van der Waals surface area contributed by atoms with Gasteiger partial charge in [0.25, 0.3) is 0 Å². The lowest BCUT2D eigenvalue weighted by Gasteiger charge is -2.32. The first kappa shape index (κ1) is 15.3. The van der Waals surface area contributed by atoms with Crippen LogP contribution in [0.25, 0.3) is 0 Å². The number of amides is 3. The van der Waals surface area contributed by atoms with Crippen molar-refractivity contribution in [3.63, 3.8) is 0 Å². The third-order valence-electron chi connectivity index (χ3n) is 3.09. The van der Waals surface area contributed by atoms with Crippen LogP contribution in [0.1, 0.15) is 5.56 Å². The number of piperazine rings is 1. The quantitative estimate of drug-likeness (QED) is 0.741. The van der Waals surface area contributed by atoms with Crippen LogP contribution < -0.4 is 10.6 Å². The number of anilines is 1. The summed E-state index contributed by atoms with van der Waals surface area (Å²) in [6.45, 7) is 1.52. The number of carbonyl (C=O) groups is 3. The Kier molecular flexibility index (Phi) is 4.46. The van der Waals surface area contributed by atoms with E-state index in [0.717, 1.165) is 10.5 Å². The van der Waals surface area contributed by atoms with Crippen LogP contribution in [-0.4, -0.2) is 47.0 Å². The lowest BCUT2D eigenvalue weighted by molar-refractivity contribution is -0.144. The van der Waals surface area contributed by atoms with Crippen molar-refractivity contribution >= 4 is 39.5 Å². The topological polar surface area (TPSA) is 98.7 Å². The molecule has 8 heteroatoms. The number of halogens is 1. The Morgan fingerprint density at radius 1 is 1.48 bits per heavy atom. The van der Waals surface area contributed by atoms with Crippen LogP contribution in [0.5, 0.6) is 0 Å². The highest BCUT2D eigenvalue weighted by Gasteiger charge is 2.35. The second-order valence-corrected chi connectivity index (χ2v) is 5.55. The Balaban J connectivity index is 2.17. The summed E-state index contributed by atoms with van der Waals surface area (Å²) in [6.07, 6.45) is 0. The van der Waals surface area contributed by atoms with Gasteiger partial charge in [-0.2, -0.15) is 0 Å². The Labute approximate surface area is 129 Å². The first-order valence-corrected chi connectivity index (χ1v) is 7.01. The Morgan fingerprint density at radius 2 is 2.19 bits per heavy atom. The van der Waals surface area contributed by atoms with Crippen molar-refractivity contribution in [1.82, 2.24) is 10.2 Å².